The van der Waals surface area contributed by atoms with Gasteiger partial charge in [-0.15, -0.1) is 0 Å². The molecule has 0 aliphatic carbocycles. The van der Waals surface area contributed by atoms with E-state index < -0.39 is 5.97 Å². The maximum atomic E-state index is 12.1. The first-order valence-corrected chi connectivity index (χ1v) is 5.70. The van der Waals surface area contributed by atoms with Gasteiger partial charge in [-0.3, -0.25) is 14.4 Å². The molecule has 1 atom stereocenters. The van der Waals surface area contributed by atoms with E-state index in [1.54, 1.807) is 0 Å². The maximum Gasteiger partial charge on any atom is 0.325 e. The zero-order chi connectivity index (χ0) is 12.8. The standard InChI is InChI=1S/C11H18N2O4/c1-3-13(7-10(15)17-2)11(16)8-4-5-9(14)12-6-8/h8H,3-7H2,1-2H3,(H,12,14). The van der Waals surface area contributed by atoms with Gasteiger partial charge in [-0.1, -0.05) is 0 Å². The van der Waals surface area contributed by atoms with Gasteiger partial charge in [0.05, 0.1) is 13.0 Å². The molecule has 1 unspecified atom stereocenters. The lowest BCUT2D eigenvalue weighted by atomic mass is 9.97. The Labute approximate surface area is 100 Å². The number of esters is 1. The van der Waals surface area contributed by atoms with E-state index in [2.05, 4.69) is 10.1 Å². The Kier molecular flexibility index (Phi) is 4.93. The Balaban J connectivity index is 2.53. The summed E-state index contributed by atoms with van der Waals surface area (Å²) in [5, 5.41) is 2.66. The molecule has 1 N–H and O–H groups in total. The molecule has 17 heavy (non-hydrogen) atoms. The third kappa shape index (κ3) is 3.72. The summed E-state index contributed by atoms with van der Waals surface area (Å²) in [4.78, 5) is 35.6. The van der Waals surface area contributed by atoms with E-state index in [9.17, 15) is 14.4 Å². The number of carbonyl (C=O) groups excluding carboxylic acids is 3. The van der Waals surface area contributed by atoms with E-state index in [-0.39, 0.29) is 24.3 Å². The summed E-state index contributed by atoms with van der Waals surface area (Å²) in [5.41, 5.74) is 0. The fraction of sp³-hybridized carbons (Fsp3) is 0.727. The largest absolute Gasteiger partial charge is 0.468 e. The maximum absolute atomic E-state index is 12.1. The van der Waals surface area contributed by atoms with Gasteiger partial charge in [0, 0.05) is 19.5 Å². The number of hydrogen-bond acceptors (Lipinski definition) is 4. The summed E-state index contributed by atoms with van der Waals surface area (Å²) in [6.07, 6.45) is 0.911. The number of rotatable bonds is 4. The molecule has 1 fully saturated rings. The minimum Gasteiger partial charge on any atom is -0.468 e. The predicted molar refractivity (Wildman–Crippen MR) is 60.0 cm³/mol. The van der Waals surface area contributed by atoms with Crippen LogP contribution in [-0.2, 0) is 19.1 Å². The molecule has 0 radical (unpaired) electrons. The van der Waals surface area contributed by atoms with E-state index >= 15 is 0 Å². The first kappa shape index (κ1) is 13.5. The van der Waals surface area contributed by atoms with Gasteiger partial charge in [0.25, 0.3) is 0 Å². The second kappa shape index (κ2) is 6.22. The highest BCUT2D eigenvalue weighted by molar-refractivity contribution is 5.86. The topological polar surface area (TPSA) is 75.7 Å². The molecule has 0 aromatic carbocycles. The summed E-state index contributed by atoms with van der Waals surface area (Å²) in [7, 11) is 1.29. The molecule has 6 nitrogen and oxygen atoms in total. The van der Waals surface area contributed by atoms with Gasteiger partial charge >= 0.3 is 5.97 Å². The molecular weight excluding hydrogens is 224 g/mol. The van der Waals surface area contributed by atoms with E-state index in [4.69, 9.17) is 0 Å². The van der Waals surface area contributed by atoms with Gasteiger partial charge in [-0.05, 0) is 13.3 Å². The highest BCUT2D eigenvalue weighted by Crippen LogP contribution is 2.14. The molecule has 0 aromatic heterocycles. The van der Waals surface area contributed by atoms with E-state index in [1.807, 2.05) is 6.92 Å². The molecule has 1 heterocycles. The second-order valence-corrected chi connectivity index (χ2v) is 3.97. The van der Waals surface area contributed by atoms with Crippen LogP contribution >= 0.6 is 0 Å². The summed E-state index contributed by atoms with van der Waals surface area (Å²) in [6, 6.07) is 0. The summed E-state index contributed by atoms with van der Waals surface area (Å²) in [5.74, 6) is -0.777. The molecule has 0 saturated carbocycles. The normalized spacial score (nSPS) is 19.4. The Morgan fingerprint density at radius 1 is 1.53 bits per heavy atom. The van der Waals surface area contributed by atoms with Crippen LogP contribution in [0.3, 0.4) is 0 Å². The van der Waals surface area contributed by atoms with Crippen molar-refractivity contribution in [2.75, 3.05) is 26.7 Å². The van der Waals surface area contributed by atoms with Crippen LogP contribution < -0.4 is 5.32 Å². The van der Waals surface area contributed by atoms with Crippen molar-refractivity contribution in [2.45, 2.75) is 19.8 Å². The average Bonchev–Trinajstić information content (AvgIpc) is 2.35. The second-order valence-electron chi connectivity index (χ2n) is 3.97. The summed E-state index contributed by atoms with van der Waals surface area (Å²) in [6.45, 7) is 2.59. The molecule has 0 spiro atoms. The van der Waals surface area contributed by atoms with Crippen LogP contribution in [0.4, 0.5) is 0 Å². The van der Waals surface area contributed by atoms with Crippen molar-refractivity contribution in [3.63, 3.8) is 0 Å². The molecule has 0 aromatic rings. The van der Waals surface area contributed by atoms with E-state index in [0.717, 1.165) is 0 Å². The van der Waals surface area contributed by atoms with Crippen molar-refractivity contribution in [3.05, 3.63) is 0 Å². The van der Waals surface area contributed by atoms with Gasteiger partial charge in [-0.2, -0.15) is 0 Å². The van der Waals surface area contributed by atoms with Gasteiger partial charge in [0.1, 0.15) is 6.54 Å². The summed E-state index contributed by atoms with van der Waals surface area (Å²) < 4.78 is 4.53. The number of piperidine rings is 1. The fourth-order valence-electron chi connectivity index (χ4n) is 1.77. The number of likely N-dealkylation sites (N-methyl/N-ethyl adjacent to an activating group) is 1. The molecule has 96 valence electrons. The summed E-state index contributed by atoms with van der Waals surface area (Å²) >= 11 is 0. The van der Waals surface area contributed by atoms with Crippen molar-refractivity contribution in [1.82, 2.24) is 10.2 Å². The number of amides is 2. The lowest BCUT2D eigenvalue weighted by Crippen LogP contribution is -2.46. The van der Waals surface area contributed by atoms with Crippen molar-refractivity contribution in [2.24, 2.45) is 5.92 Å². The fourth-order valence-corrected chi connectivity index (χ4v) is 1.77. The minimum atomic E-state index is -0.431. The number of ether oxygens (including phenoxy) is 1. The van der Waals surface area contributed by atoms with E-state index in [1.165, 1.54) is 12.0 Å². The third-order valence-electron chi connectivity index (χ3n) is 2.86. The van der Waals surface area contributed by atoms with Crippen molar-refractivity contribution in [3.8, 4) is 0 Å². The molecule has 6 heteroatoms. The van der Waals surface area contributed by atoms with Gasteiger partial charge in [0.2, 0.25) is 11.8 Å². The highest BCUT2D eigenvalue weighted by atomic mass is 16.5. The van der Waals surface area contributed by atoms with Crippen molar-refractivity contribution >= 4 is 17.8 Å². The van der Waals surface area contributed by atoms with Gasteiger partial charge in [-0.25, -0.2) is 0 Å². The van der Waals surface area contributed by atoms with Crippen LogP contribution in [-0.4, -0.2) is 49.4 Å². The monoisotopic (exact) mass is 242 g/mol. The van der Waals surface area contributed by atoms with Crippen LogP contribution in [0.2, 0.25) is 0 Å². The first-order chi connectivity index (χ1) is 8.08. The quantitative estimate of drug-likeness (QED) is 0.676. The number of methoxy groups -OCH3 is 1. The van der Waals surface area contributed by atoms with Crippen molar-refractivity contribution < 1.29 is 19.1 Å². The Bertz CT molecular complexity index is 307. The minimum absolute atomic E-state index is 0.0231. The zero-order valence-electron chi connectivity index (χ0n) is 10.2. The first-order valence-electron chi connectivity index (χ1n) is 5.70. The van der Waals surface area contributed by atoms with Gasteiger partial charge < -0.3 is 15.0 Å². The number of hydrogen-bond donors (Lipinski definition) is 1. The molecule has 1 aliphatic heterocycles. The smallest absolute Gasteiger partial charge is 0.325 e. The Morgan fingerprint density at radius 2 is 2.24 bits per heavy atom. The molecule has 1 aliphatic rings. The molecule has 0 bridgehead atoms. The van der Waals surface area contributed by atoms with Crippen molar-refractivity contribution in [1.29, 1.82) is 0 Å². The lowest BCUT2D eigenvalue weighted by molar-refractivity contribution is -0.149. The zero-order valence-corrected chi connectivity index (χ0v) is 10.2. The lowest BCUT2D eigenvalue weighted by Gasteiger charge is -2.27. The number of carbonyl (C=O) groups is 3. The number of nitrogens with zero attached hydrogens (tertiary/aromatic N) is 1. The SMILES string of the molecule is CCN(CC(=O)OC)C(=O)C1CCC(=O)NC1. The van der Waals surface area contributed by atoms with Gasteiger partial charge in [0.15, 0.2) is 0 Å². The molecule has 1 saturated heterocycles. The Hall–Kier alpha value is -1.59. The van der Waals surface area contributed by atoms with E-state index in [0.29, 0.717) is 25.9 Å². The highest BCUT2D eigenvalue weighted by Gasteiger charge is 2.28. The van der Waals surface area contributed by atoms with Crippen LogP contribution in [0.5, 0.6) is 0 Å². The molecule has 2 amide bonds. The van der Waals surface area contributed by atoms with Crippen LogP contribution in [0.1, 0.15) is 19.8 Å². The van der Waals surface area contributed by atoms with Crippen LogP contribution in [0.15, 0.2) is 0 Å². The van der Waals surface area contributed by atoms with Crippen LogP contribution in [0, 0.1) is 5.92 Å². The third-order valence-corrected chi connectivity index (χ3v) is 2.86. The molecular formula is C11H18N2O4. The Morgan fingerprint density at radius 3 is 2.71 bits per heavy atom. The van der Waals surface area contributed by atoms with Crippen LogP contribution in [0.25, 0.3) is 0 Å². The number of nitrogens with one attached hydrogen (secondary N) is 1. The average molecular weight is 242 g/mol. The predicted octanol–water partition coefficient (Wildman–Crippen LogP) is -0.466. The molecule has 1 rings (SSSR count).